The van der Waals surface area contributed by atoms with Crippen molar-refractivity contribution in [2.45, 2.75) is 39.3 Å². The summed E-state index contributed by atoms with van der Waals surface area (Å²) in [6, 6.07) is 6.47. The summed E-state index contributed by atoms with van der Waals surface area (Å²) >= 11 is 1.54. The molecule has 0 spiro atoms. The molecule has 1 aromatic carbocycles. The van der Waals surface area contributed by atoms with Crippen LogP contribution in [0.2, 0.25) is 0 Å². The third kappa shape index (κ3) is 5.61. The molecule has 0 radical (unpaired) electrons. The number of thiazole rings is 1. The molecule has 1 aliphatic rings. The van der Waals surface area contributed by atoms with E-state index in [-0.39, 0.29) is 17.8 Å². The number of rotatable bonds is 6. The molecule has 0 amide bonds. The number of nitrogens with one attached hydrogen (secondary N) is 1. The van der Waals surface area contributed by atoms with Gasteiger partial charge in [-0.2, -0.15) is 13.2 Å². The van der Waals surface area contributed by atoms with Crippen molar-refractivity contribution in [1.82, 2.24) is 15.0 Å². The second kappa shape index (κ2) is 9.92. The van der Waals surface area contributed by atoms with Gasteiger partial charge < -0.3 is 10.1 Å². The number of anilines is 2. The van der Waals surface area contributed by atoms with Crippen molar-refractivity contribution in [3.8, 4) is 10.4 Å². The van der Waals surface area contributed by atoms with Crippen molar-refractivity contribution in [2.75, 3.05) is 11.9 Å². The Hall–Kier alpha value is -3.27. The lowest BCUT2D eigenvalue weighted by atomic mass is 9.90. The third-order valence-corrected chi connectivity index (χ3v) is 6.50. The summed E-state index contributed by atoms with van der Waals surface area (Å²) in [5.74, 6) is -0.381. The number of aromatic nitrogens is 3. The number of nitrogens with zero attached hydrogens (tertiary/aromatic N) is 3. The molecule has 0 saturated carbocycles. The molecule has 0 saturated heterocycles. The lowest BCUT2D eigenvalue weighted by Crippen LogP contribution is -2.19. The molecular formula is C24H23F3N4O2S. The Morgan fingerprint density at radius 3 is 2.79 bits per heavy atom. The number of esters is 1. The van der Waals surface area contributed by atoms with Crippen molar-refractivity contribution in [3.63, 3.8) is 0 Å². The molecule has 1 N–H and O–H groups in total. The summed E-state index contributed by atoms with van der Waals surface area (Å²) in [5, 5.41) is 3.77. The van der Waals surface area contributed by atoms with Gasteiger partial charge in [0.15, 0.2) is 0 Å². The minimum Gasteiger partial charge on any atom is -0.466 e. The van der Waals surface area contributed by atoms with E-state index in [9.17, 15) is 18.0 Å². The van der Waals surface area contributed by atoms with Gasteiger partial charge in [-0.15, -0.1) is 11.3 Å². The van der Waals surface area contributed by atoms with Crippen LogP contribution in [0, 0.1) is 12.8 Å². The Labute approximate surface area is 198 Å². The number of halogens is 3. The third-order valence-electron chi connectivity index (χ3n) is 5.38. The molecule has 2 aromatic heterocycles. The van der Waals surface area contributed by atoms with Crippen molar-refractivity contribution in [1.29, 1.82) is 0 Å². The lowest BCUT2D eigenvalue weighted by molar-refractivity contribution is -0.148. The summed E-state index contributed by atoms with van der Waals surface area (Å²) in [6.45, 7) is 4.09. The molecule has 0 bridgehead atoms. The predicted molar refractivity (Wildman–Crippen MR) is 125 cm³/mol. The Morgan fingerprint density at radius 1 is 1.26 bits per heavy atom. The zero-order valence-electron chi connectivity index (χ0n) is 18.6. The van der Waals surface area contributed by atoms with Gasteiger partial charge in [0.2, 0.25) is 5.95 Å². The van der Waals surface area contributed by atoms with Crippen LogP contribution < -0.4 is 5.32 Å². The number of alkyl halides is 3. The Bertz CT molecular complexity index is 1220. The van der Waals surface area contributed by atoms with Crippen LogP contribution in [0.3, 0.4) is 0 Å². The van der Waals surface area contributed by atoms with Crippen molar-refractivity contribution < 1.29 is 22.7 Å². The highest BCUT2D eigenvalue weighted by Crippen LogP contribution is 2.37. The quantitative estimate of drug-likeness (QED) is 0.404. The number of carbonyl (C=O) groups excluding carboxylic acids is 1. The van der Waals surface area contributed by atoms with Gasteiger partial charge in [0, 0.05) is 18.1 Å². The van der Waals surface area contributed by atoms with E-state index in [0.29, 0.717) is 18.7 Å². The number of allylic oxidation sites excluding steroid dienone is 2. The summed E-state index contributed by atoms with van der Waals surface area (Å²) in [7, 11) is 0. The maximum Gasteiger partial charge on any atom is 0.433 e. The van der Waals surface area contributed by atoms with Gasteiger partial charge >= 0.3 is 12.1 Å². The zero-order chi connectivity index (χ0) is 24.3. The minimum absolute atomic E-state index is 0.105. The number of carbonyl (C=O) groups is 1. The molecular weight excluding hydrogens is 465 g/mol. The van der Waals surface area contributed by atoms with Crippen LogP contribution in [0.25, 0.3) is 16.0 Å². The van der Waals surface area contributed by atoms with Crippen LogP contribution in [0.1, 0.15) is 42.5 Å². The highest BCUT2D eigenvalue weighted by Gasteiger charge is 2.32. The van der Waals surface area contributed by atoms with E-state index < -0.39 is 11.9 Å². The van der Waals surface area contributed by atoms with Gasteiger partial charge in [0.05, 0.1) is 17.4 Å². The van der Waals surface area contributed by atoms with E-state index in [4.69, 9.17) is 4.74 Å². The topological polar surface area (TPSA) is 77.0 Å². The van der Waals surface area contributed by atoms with E-state index in [0.717, 1.165) is 51.7 Å². The summed E-state index contributed by atoms with van der Waals surface area (Å²) in [5.41, 5.74) is 2.50. The second-order valence-electron chi connectivity index (χ2n) is 7.96. The van der Waals surface area contributed by atoms with Crippen molar-refractivity contribution in [2.24, 2.45) is 5.92 Å². The number of hydrogen-bond donors (Lipinski definition) is 1. The molecule has 4 rings (SSSR count). The molecule has 0 fully saturated rings. The molecule has 6 nitrogen and oxygen atoms in total. The van der Waals surface area contributed by atoms with Gasteiger partial charge in [-0.05, 0) is 68.0 Å². The van der Waals surface area contributed by atoms with Crippen LogP contribution in [-0.4, -0.2) is 27.5 Å². The average molecular weight is 489 g/mol. The molecule has 10 heteroatoms. The zero-order valence-corrected chi connectivity index (χ0v) is 19.5. The summed E-state index contributed by atoms with van der Waals surface area (Å²) in [6.07, 6.45) is 2.51. The van der Waals surface area contributed by atoms with Crippen molar-refractivity contribution >= 4 is 34.5 Å². The molecule has 1 aliphatic carbocycles. The number of benzene rings is 1. The van der Waals surface area contributed by atoms with E-state index in [1.807, 2.05) is 25.1 Å². The highest BCUT2D eigenvalue weighted by molar-refractivity contribution is 7.16. The smallest absolute Gasteiger partial charge is 0.433 e. The van der Waals surface area contributed by atoms with Gasteiger partial charge in [0.1, 0.15) is 10.7 Å². The molecule has 178 valence electrons. The Morgan fingerprint density at radius 2 is 2.09 bits per heavy atom. The number of hydrogen-bond acceptors (Lipinski definition) is 7. The largest absolute Gasteiger partial charge is 0.466 e. The second-order valence-corrected chi connectivity index (χ2v) is 8.99. The Kier molecular flexibility index (Phi) is 6.97. The predicted octanol–water partition coefficient (Wildman–Crippen LogP) is 6.42. The summed E-state index contributed by atoms with van der Waals surface area (Å²) < 4.78 is 44.0. The molecule has 3 aromatic rings. The van der Waals surface area contributed by atoms with Gasteiger partial charge in [-0.25, -0.2) is 15.0 Å². The SMILES string of the molecule is CCOC(=O)C1CC=C(c2ncc(-c3cc(C)cc(Nc4nccc(C(F)(F)F)n4)c3)s2)CC1. The monoisotopic (exact) mass is 488 g/mol. The van der Waals surface area contributed by atoms with Crippen LogP contribution in [0.5, 0.6) is 0 Å². The van der Waals surface area contributed by atoms with E-state index >= 15 is 0 Å². The molecule has 1 atom stereocenters. The molecule has 2 heterocycles. The molecule has 0 aliphatic heterocycles. The number of ether oxygens (including phenoxy) is 1. The molecule has 34 heavy (non-hydrogen) atoms. The van der Waals surface area contributed by atoms with Gasteiger partial charge in [-0.3, -0.25) is 4.79 Å². The maximum absolute atomic E-state index is 13.0. The Balaban J connectivity index is 1.52. The van der Waals surface area contributed by atoms with Crippen molar-refractivity contribution in [3.05, 3.63) is 59.0 Å². The minimum atomic E-state index is -4.54. The first-order valence-electron chi connectivity index (χ1n) is 10.8. The average Bonchev–Trinajstić information content (AvgIpc) is 3.29. The van der Waals surface area contributed by atoms with Crippen LogP contribution in [0.4, 0.5) is 24.8 Å². The van der Waals surface area contributed by atoms with E-state index in [1.165, 1.54) is 11.3 Å². The fourth-order valence-corrected chi connectivity index (χ4v) is 4.73. The lowest BCUT2D eigenvalue weighted by Gasteiger charge is -2.19. The first-order chi connectivity index (χ1) is 16.2. The standard InChI is InChI=1S/C24H23F3N4O2S/c1-3-33-22(32)16-6-4-15(5-7-16)21-29-13-19(34-21)17-10-14(2)11-18(12-17)30-23-28-9-8-20(31-23)24(25,26)27/h4,8-13,16H,3,5-7H2,1-2H3,(H,28,30,31). The highest BCUT2D eigenvalue weighted by atomic mass is 32.1. The first-order valence-corrected chi connectivity index (χ1v) is 11.7. The fraction of sp³-hybridized carbons (Fsp3) is 0.333. The fourth-order valence-electron chi connectivity index (χ4n) is 3.76. The number of aryl methyl sites for hydroxylation is 1. The van der Waals surface area contributed by atoms with Crippen LogP contribution in [-0.2, 0) is 15.7 Å². The summed E-state index contributed by atoms with van der Waals surface area (Å²) in [4.78, 5) is 24.9. The molecule has 1 unspecified atom stereocenters. The maximum atomic E-state index is 13.0. The van der Waals surface area contributed by atoms with Gasteiger partial charge in [0.25, 0.3) is 0 Å². The van der Waals surface area contributed by atoms with E-state index in [1.54, 1.807) is 13.1 Å². The van der Waals surface area contributed by atoms with Crippen LogP contribution >= 0.6 is 11.3 Å². The normalized spacial score (nSPS) is 16.1. The first kappa shape index (κ1) is 23.9. The van der Waals surface area contributed by atoms with Gasteiger partial charge in [-0.1, -0.05) is 12.1 Å². The van der Waals surface area contributed by atoms with Crippen LogP contribution in [0.15, 0.2) is 42.7 Å². The van der Waals surface area contributed by atoms with E-state index in [2.05, 4.69) is 26.3 Å².